The van der Waals surface area contributed by atoms with Gasteiger partial charge >= 0.3 is 6.09 Å². The number of likely N-dealkylation sites (tertiary alicyclic amines) is 1. The van der Waals surface area contributed by atoms with Gasteiger partial charge in [-0.25, -0.2) is 9.48 Å². The molecular weight excluding hydrogens is 556 g/mol. The van der Waals surface area contributed by atoms with Gasteiger partial charge < -0.3 is 25.2 Å². The van der Waals surface area contributed by atoms with Gasteiger partial charge in [-0.3, -0.25) is 14.7 Å². The van der Waals surface area contributed by atoms with Crippen molar-refractivity contribution in [2.75, 3.05) is 43.4 Å². The number of aromatic nitrogens is 3. The summed E-state index contributed by atoms with van der Waals surface area (Å²) < 4.78 is 7.38. The van der Waals surface area contributed by atoms with Gasteiger partial charge in [0.1, 0.15) is 17.0 Å². The molecule has 2 amide bonds. The summed E-state index contributed by atoms with van der Waals surface area (Å²) in [5, 5.41) is 11.8. The Bertz CT molecular complexity index is 1510. The number of nitrogens with one attached hydrogen (secondary N) is 2. The van der Waals surface area contributed by atoms with Crippen LogP contribution in [0, 0.1) is 5.41 Å². The predicted octanol–water partition coefficient (Wildman–Crippen LogP) is 4.82. The largest absolute Gasteiger partial charge is 0.444 e. The maximum absolute atomic E-state index is 14.2. The van der Waals surface area contributed by atoms with Crippen LogP contribution in [0.1, 0.15) is 68.6 Å². The van der Waals surface area contributed by atoms with E-state index in [2.05, 4.69) is 50.5 Å². The third-order valence-electron chi connectivity index (χ3n) is 8.89. The fourth-order valence-corrected chi connectivity index (χ4v) is 6.39. The maximum Gasteiger partial charge on any atom is 0.407 e. The molecule has 44 heavy (non-hydrogen) atoms. The first-order valence-electron chi connectivity index (χ1n) is 15.6. The number of nitrogens with zero attached hydrogens (tertiary/aromatic N) is 6. The molecule has 11 heteroatoms. The Morgan fingerprint density at radius 3 is 2.59 bits per heavy atom. The summed E-state index contributed by atoms with van der Waals surface area (Å²) in [6.07, 6.45) is 4.74. The Balaban J connectivity index is 1.25. The normalized spacial score (nSPS) is 20.0. The van der Waals surface area contributed by atoms with Crippen molar-refractivity contribution in [3.8, 4) is 0 Å². The third-order valence-corrected chi connectivity index (χ3v) is 8.89. The summed E-state index contributed by atoms with van der Waals surface area (Å²) in [5.74, 6) is 1.37. The average Bonchev–Trinajstić information content (AvgIpc) is 3.35. The summed E-state index contributed by atoms with van der Waals surface area (Å²) in [6, 6.07) is 14.2. The highest BCUT2D eigenvalue weighted by molar-refractivity contribution is 6.06. The number of hydrogen-bond acceptors (Lipinski definition) is 8. The van der Waals surface area contributed by atoms with Crippen molar-refractivity contribution in [2.45, 2.75) is 71.8 Å². The number of carbonyl (C=O) groups is 2. The van der Waals surface area contributed by atoms with Crippen LogP contribution in [0.4, 0.5) is 22.1 Å². The second-order valence-electron chi connectivity index (χ2n) is 13.6. The van der Waals surface area contributed by atoms with Crippen LogP contribution >= 0.6 is 0 Å². The first-order chi connectivity index (χ1) is 21.0. The van der Waals surface area contributed by atoms with Gasteiger partial charge in [0.15, 0.2) is 12.1 Å². The van der Waals surface area contributed by atoms with Crippen LogP contribution < -0.4 is 15.5 Å². The summed E-state index contributed by atoms with van der Waals surface area (Å²) in [4.78, 5) is 37.4. The number of pyridine rings is 1. The van der Waals surface area contributed by atoms with E-state index in [1.54, 1.807) is 4.90 Å². The van der Waals surface area contributed by atoms with Crippen molar-refractivity contribution in [3.05, 3.63) is 65.5 Å². The summed E-state index contributed by atoms with van der Waals surface area (Å²) in [7, 11) is 1.87. The SMILES string of the molecule is CN1C(=O)c2c(N3CCCc4ncccc43)nn(Cc3ccccc3)c2NC1N1CCC(C)(CNC(=O)OC(C)(C)C)CC1. The molecule has 2 aromatic heterocycles. The number of amides is 2. The van der Waals surface area contributed by atoms with Crippen LogP contribution in [0.2, 0.25) is 0 Å². The van der Waals surface area contributed by atoms with E-state index in [9.17, 15) is 9.59 Å². The molecule has 234 valence electrons. The molecule has 0 spiro atoms. The first kappa shape index (κ1) is 29.9. The minimum absolute atomic E-state index is 0.0472. The molecule has 3 aliphatic rings. The molecule has 0 bridgehead atoms. The van der Waals surface area contributed by atoms with Gasteiger partial charge in [-0.2, -0.15) is 5.10 Å². The van der Waals surface area contributed by atoms with Gasteiger partial charge in [0.2, 0.25) is 0 Å². The van der Waals surface area contributed by atoms with Crippen molar-refractivity contribution in [1.29, 1.82) is 0 Å². The van der Waals surface area contributed by atoms with E-state index in [1.807, 2.05) is 63.0 Å². The van der Waals surface area contributed by atoms with E-state index in [1.165, 1.54) is 0 Å². The zero-order valence-corrected chi connectivity index (χ0v) is 26.5. The molecule has 3 aromatic rings. The fourth-order valence-electron chi connectivity index (χ4n) is 6.39. The van der Waals surface area contributed by atoms with Gasteiger partial charge in [0.05, 0.1) is 17.9 Å². The molecule has 0 radical (unpaired) electrons. The predicted molar refractivity (Wildman–Crippen MR) is 170 cm³/mol. The highest BCUT2D eigenvalue weighted by atomic mass is 16.6. The van der Waals surface area contributed by atoms with Crippen molar-refractivity contribution >= 4 is 29.3 Å². The lowest BCUT2D eigenvalue weighted by Crippen LogP contribution is -2.59. The molecule has 11 nitrogen and oxygen atoms in total. The highest BCUT2D eigenvalue weighted by Gasteiger charge is 2.42. The smallest absolute Gasteiger partial charge is 0.407 e. The van der Waals surface area contributed by atoms with Crippen molar-refractivity contribution in [1.82, 2.24) is 29.9 Å². The minimum Gasteiger partial charge on any atom is -0.444 e. The van der Waals surface area contributed by atoms with Crippen LogP contribution in [0.15, 0.2) is 48.7 Å². The van der Waals surface area contributed by atoms with E-state index in [4.69, 9.17) is 9.84 Å². The molecule has 1 atom stereocenters. The van der Waals surface area contributed by atoms with Crippen LogP contribution in [-0.2, 0) is 17.7 Å². The number of carbonyl (C=O) groups excluding carboxylic acids is 2. The van der Waals surface area contributed by atoms with Crippen molar-refractivity contribution < 1.29 is 14.3 Å². The Morgan fingerprint density at radius 1 is 1.11 bits per heavy atom. The van der Waals surface area contributed by atoms with Gasteiger partial charge in [-0.1, -0.05) is 37.3 Å². The molecule has 1 unspecified atom stereocenters. The second kappa shape index (κ2) is 11.8. The number of anilines is 3. The molecule has 5 heterocycles. The summed E-state index contributed by atoms with van der Waals surface area (Å²) >= 11 is 0. The number of piperidine rings is 1. The molecule has 0 saturated carbocycles. The second-order valence-corrected chi connectivity index (χ2v) is 13.6. The van der Waals surface area contributed by atoms with Gasteiger partial charge in [0.25, 0.3) is 5.91 Å². The molecule has 0 aliphatic carbocycles. The van der Waals surface area contributed by atoms with Gasteiger partial charge in [0, 0.05) is 39.4 Å². The zero-order valence-electron chi connectivity index (χ0n) is 26.5. The number of benzene rings is 1. The first-order valence-corrected chi connectivity index (χ1v) is 15.6. The number of ether oxygens (including phenoxy) is 1. The Labute approximate surface area is 259 Å². The summed E-state index contributed by atoms with van der Waals surface area (Å²) in [6.45, 7) is 11.2. The molecule has 1 fully saturated rings. The standard InChI is InChI=1S/C33H44N8O3/c1-32(2,3)44-31(43)35-22-33(4)15-19-39(20-16-33)30-36-27-26(29(42)38(30)5)28(37-41(27)21-23-11-7-6-8-12-23)40-18-10-13-24-25(40)14-9-17-34-24/h6-9,11-12,14,17,30,36H,10,13,15-16,18-22H2,1-5H3,(H,35,43). The van der Waals surface area contributed by atoms with Gasteiger partial charge in [-0.15, -0.1) is 0 Å². The molecule has 3 aliphatic heterocycles. The van der Waals surface area contributed by atoms with Crippen LogP contribution in [0.5, 0.6) is 0 Å². The van der Waals surface area contributed by atoms with Crippen LogP contribution in [0.25, 0.3) is 0 Å². The zero-order chi connectivity index (χ0) is 31.1. The van der Waals surface area contributed by atoms with E-state index >= 15 is 0 Å². The quantitative estimate of drug-likeness (QED) is 0.415. The van der Waals surface area contributed by atoms with E-state index in [0.717, 1.165) is 68.1 Å². The molecule has 6 rings (SSSR count). The summed E-state index contributed by atoms with van der Waals surface area (Å²) in [5.41, 5.74) is 3.16. The number of alkyl carbamates (subject to hydrolysis) is 1. The maximum atomic E-state index is 14.2. The molecular formula is C33H44N8O3. The van der Waals surface area contributed by atoms with Crippen molar-refractivity contribution in [3.63, 3.8) is 0 Å². The van der Waals surface area contributed by atoms with E-state index < -0.39 is 5.60 Å². The van der Waals surface area contributed by atoms with E-state index in [-0.39, 0.29) is 23.7 Å². The Morgan fingerprint density at radius 2 is 1.86 bits per heavy atom. The van der Waals surface area contributed by atoms with Crippen LogP contribution in [0.3, 0.4) is 0 Å². The van der Waals surface area contributed by atoms with Gasteiger partial charge in [-0.05, 0) is 69.6 Å². The molecule has 1 saturated heterocycles. The number of rotatable bonds is 6. The highest BCUT2D eigenvalue weighted by Crippen LogP contribution is 2.40. The lowest BCUT2D eigenvalue weighted by atomic mass is 9.80. The Kier molecular flexibility index (Phi) is 8.00. The molecule has 2 N–H and O–H groups in total. The average molecular weight is 601 g/mol. The topological polar surface area (TPSA) is 108 Å². The monoisotopic (exact) mass is 600 g/mol. The lowest BCUT2D eigenvalue weighted by molar-refractivity contribution is 0.0178. The number of aryl methyl sites for hydroxylation is 1. The van der Waals surface area contributed by atoms with E-state index in [0.29, 0.717) is 24.5 Å². The fraction of sp³-hybridized carbons (Fsp3) is 0.515. The van der Waals surface area contributed by atoms with Crippen LogP contribution in [-0.4, -0.2) is 81.7 Å². The lowest BCUT2D eigenvalue weighted by Gasteiger charge is -2.46. The minimum atomic E-state index is -0.530. The number of hydrogen-bond donors (Lipinski definition) is 2. The third kappa shape index (κ3) is 6.10. The molecule has 1 aromatic carbocycles. The van der Waals surface area contributed by atoms with Crippen molar-refractivity contribution in [2.24, 2.45) is 5.41 Å². The Hall–Kier alpha value is -4.12. The number of fused-ring (bicyclic) bond motifs is 2.